The summed E-state index contributed by atoms with van der Waals surface area (Å²) in [6.45, 7) is 0. The first-order valence-corrected chi connectivity index (χ1v) is 8.16. The molecule has 0 radical (unpaired) electrons. The van der Waals surface area contributed by atoms with Gasteiger partial charge in [0.1, 0.15) is 0 Å². The van der Waals surface area contributed by atoms with Gasteiger partial charge in [-0.25, -0.2) is 0 Å². The summed E-state index contributed by atoms with van der Waals surface area (Å²) in [6.07, 6.45) is 8.90. The molecule has 0 unspecified atom stereocenters. The molecular formula is C17H23N3S. The smallest absolute Gasteiger partial charge is 0.160 e. The van der Waals surface area contributed by atoms with E-state index in [9.17, 15) is 0 Å². The molecule has 21 heavy (non-hydrogen) atoms. The number of hydrogen-bond donors (Lipinski definition) is 1. The zero-order valence-corrected chi connectivity index (χ0v) is 13.5. The summed E-state index contributed by atoms with van der Waals surface area (Å²) in [4.78, 5) is 6.51. The molecule has 0 bridgehead atoms. The van der Waals surface area contributed by atoms with Crippen LogP contribution in [0.15, 0.2) is 29.3 Å². The Balaban J connectivity index is 2.26. The van der Waals surface area contributed by atoms with Crippen molar-refractivity contribution in [2.24, 2.45) is 4.99 Å². The van der Waals surface area contributed by atoms with Gasteiger partial charge in [-0.15, -0.1) is 12.6 Å². The second-order valence-electron chi connectivity index (χ2n) is 5.55. The first kappa shape index (κ1) is 15.9. The van der Waals surface area contributed by atoms with E-state index < -0.39 is 0 Å². The molecule has 0 aliphatic heterocycles. The Kier molecular flexibility index (Phi) is 6.13. The van der Waals surface area contributed by atoms with Crippen LogP contribution in [0.3, 0.4) is 0 Å². The van der Waals surface area contributed by atoms with Crippen molar-refractivity contribution in [1.29, 1.82) is 5.26 Å². The van der Waals surface area contributed by atoms with Crippen LogP contribution in [0, 0.1) is 11.3 Å². The SMILES string of the molecule is CN=C(S)N(c1ccc(C#N)cc1)C1CCCCCCC1. The highest BCUT2D eigenvalue weighted by Crippen LogP contribution is 2.27. The number of aliphatic imine (C=N–C) groups is 1. The van der Waals surface area contributed by atoms with Gasteiger partial charge in [-0.05, 0) is 37.1 Å². The summed E-state index contributed by atoms with van der Waals surface area (Å²) < 4.78 is 0. The minimum atomic E-state index is 0.453. The summed E-state index contributed by atoms with van der Waals surface area (Å²) in [6, 6.07) is 10.3. The third-order valence-corrected chi connectivity index (χ3v) is 4.55. The van der Waals surface area contributed by atoms with Gasteiger partial charge < -0.3 is 4.90 Å². The zero-order chi connectivity index (χ0) is 15.1. The second-order valence-corrected chi connectivity index (χ2v) is 5.95. The summed E-state index contributed by atoms with van der Waals surface area (Å²) in [5.41, 5.74) is 1.76. The number of nitrogens with zero attached hydrogens (tertiary/aromatic N) is 3. The van der Waals surface area contributed by atoms with Crippen LogP contribution in [-0.4, -0.2) is 18.3 Å². The van der Waals surface area contributed by atoms with E-state index in [-0.39, 0.29) is 0 Å². The van der Waals surface area contributed by atoms with Crippen molar-refractivity contribution in [3.8, 4) is 6.07 Å². The molecule has 0 amide bonds. The summed E-state index contributed by atoms with van der Waals surface area (Å²) >= 11 is 4.57. The lowest BCUT2D eigenvalue weighted by atomic mass is 9.95. The van der Waals surface area contributed by atoms with Gasteiger partial charge in [0, 0.05) is 18.8 Å². The predicted molar refractivity (Wildman–Crippen MR) is 92.1 cm³/mol. The molecule has 2 rings (SSSR count). The summed E-state index contributed by atoms with van der Waals surface area (Å²) in [5, 5.41) is 9.69. The molecule has 0 aromatic heterocycles. The first-order valence-electron chi connectivity index (χ1n) is 7.71. The second kappa shape index (κ2) is 8.09. The molecular weight excluding hydrogens is 278 g/mol. The van der Waals surface area contributed by atoms with Crippen molar-refractivity contribution in [2.45, 2.75) is 51.0 Å². The third-order valence-electron chi connectivity index (χ3n) is 4.13. The maximum absolute atomic E-state index is 8.94. The highest BCUT2D eigenvalue weighted by Gasteiger charge is 2.22. The molecule has 1 aromatic carbocycles. The Bertz CT molecular complexity index is 508. The molecule has 1 aliphatic rings. The van der Waals surface area contributed by atoms with Gasteiger partial charge in [-0.2, -0.15) is 5.26 Å². The van der Waals surface area contributed by atoms with E-state index in [1.165, 1.54) is 44.9 Å². The Morgan fingerprint density at radius 2 is 1.71 bits per heavy atom. The fourth-order valence-corrected chi connectivity index (χ4v) is 3.27. The van der Waals surface area contributed by atoms with Gasteiger partial charge >= 0.3 is 0 Å². The minimum Gasteiger partial charge on any atom is -0.318 e. The number of anilines is 1. The molecule has 3 nitrogen and oxygen atoms in total. The highest BCUT2D eigenvalue weighted by atomic mass is 32.1. The fourth-order valence-electron chi connectivity index (χ4n) is 2.99. The quantitative estimate of drug-likeness (QED) is 0.500. The van der Waals surface area contributed by atoms with Crippen LogP contribution < -0.4 is 4.90 Å². The van der Waals surface area contributed by atoms with Crippen LogP contribution >= 0.6 is 12.6 Å². The molecule has 0 atom stereocenters. The topological polar surface area (TPSA) is 39.4 Å². The normalized spacial score (nSPS) is 17.7. The minimum absolute atomic E-state index is 0.453. The molecule has 0 heterocycles. The average Bonchev–Trinajstić information content (AvgIpc) is 2.49. The number of thiol groups is 1. The van der Waals surface area contributed by atoms with Crippen molar-refractivity contribution in [2.75, 3.05) is 11.9 Å². The molecule has 1 aliphatic carbocycles. The van der Waals surface area contributed by atoms with Crippen molar-refractivity contribution in [3.05, 3.63) is 29.8 Å². The number of benzene rings is 1. The van der Waals surface area contributed by atoms with E-state index in [0.717, 1.165) is 10.9 Å². The Morgan fingerprint density at radius 1 is 1.14 bits per heavy atom. The number of nitriles is 1. The van der Waals surface area contributed by atoms with E-state index in [2.05, 4.69) is 28.6 Å². The van der Waals surface area contributed by atoms with Gasteiger partial charge in [0.15, 0.2) is 5.17 Å². The standard InChI is InChI=1S/C17H23N3S/c1-19-17(21)20(15-7-5-3-2-4-6-8-15)16-11-9-14(13-18)10-12-16/h9-12,15H,2-8H2,1H3,(H,19,21). The van der Waals surface area contributed by atoms with Gasteiger partial charge in [-0.1, -0.05) is 32.1 Å². The fraction of sp³-hybridized carbons (Fsp3) is 0.529. The molecule has 0 saturated heterocycles. The Hall–Kier alpha value is -1.47. The summed E-state index contributed by atoms with van der Waals surface area (Å²) in [7, 11) is 1.78. The summed E-state index contributed by atoms with van der Waals surface area (Å²) in [5.74, 6) is 0. The molecule has 1 saturated carbocycles. The molecule has 0 spiro atoms. The van der Waals surface area contributed by atoms with Crippen molar-refractivity contribution >= 4 is 23.5 Å². The molecule has 0 N–H and O–H groups in total. The Morgan fingerprint density at radius 3 is 2.24 bits per heavy atom. The molecule has 1 fully saturated rings. The predicted octanol–water partition coefficient (Wildman–Crippen LogP) is 4.39. The lowest BCUT2D eigenvalue weighted by Crippen LogP contribution is -2.38. The molecule has 112 valence electrons. The number of rotatable bonds is 2. The zero-order valence-electron chi connectivity index (χ0n) is 12.6. The Labute approximate surface area is 133 Å². The lowest BCUT2D eigenvalue weighted by Gasteiger charge is -2.34. The lowest BCUT2D eigenvalue weighted by molar-refractivity contribution is 0.453. The van der Waals surface area contributed by atoms with Crippen LogP contribution in [0.25, 0.3) is 0 Å². The molecule has 1 aromatic rings. The third kappa shape index (κ3) is 4.25. The van der Waals surface area contributed by atoms with Crippen LogP contribution in [0.5, 0.6) is 0 Å². The van der Waals surface area contributed by atoms with Crippen molar-refractivity contribution in [3.63, 3.8) is 0 Å². The largest absolute Gasteiger partial charge is 0.318 e. The molecule has 4 heteroatoms. The van der Waals surface area contributed by atoms with Gasteiger partial charge in [0.25, 0.3) is 0 Å². The van der Waals surface area contributed by atoms with Crippen LogP contribution in [0.2, 0.25) is 0 Å². The van der Waals surface area contributed by atoms with Gasteiger partial charge in [0.05, 0.1) is 11.6 Å². The monoisotopic (exact) mass is 301 g/mol. The van der Waals surface area contributed by atoms with E-state index in [1.54, 1.807) is 7.05 Å². The van der Waals surface area contributed by atoms with E-state index in [4.69, 9.17) is 5.26 Å². The van der Waals surface area contributed by atoms with Crippen molar-refractivity contribution < 1.29 is 0 Å². The maximum atomic E-state index is 8.94. The van der Waals surface area contributed by atoms with Crippen LogP contribution in [0.4, 0.5) is 5.69 Å². The first-order chi connectivity index (χ1) is 10.3. The number of hydrogen-bond acceptors (Lipinski definition) is 2. The highest BCUT2D eigenvalue weighted by molar-refractivity contribution is 7.97. The van der Waals surface area contributed by atoms with Crippen molar-refractivity contribution in [1.82, 2.24) is 0 Å². The van der Waals surface area contributed by atoms with Gasteiger partial charge in [0.2, 0.25) is 0 Å². The average molecular weight is 301 g/mol. The number of amidine groups is 1. The van der Waals surface area contributed by atoms with Gasteiger partial charge in [-0.3, -0.25) is 4.99 Å². The maximum Gasteiger partial charge on any atom is 0.160 e. The van der Waals surface area contributed by atoms with Crippen LogP contribution in [0.1, 0.15) is 50.5 Å². The van der Waals surface area contributed by atoms with Crippen LogP contribution in [-0.2, 0) is 0 Å². The van der Waals surface area contributed by atoms with E-state index >= 15 is 0 Å². The van der Waals surface area contributed by atoms with E-state index in [1.807, 2.05) is 24.3 Å². The van der Waals surface area contributed by atoms with E-state index in [0.29, 0.717) is 11.6 Å².